The van der Waals surface area contributed by atoms with E-state index >= 15 is 0 Å². The minimum atomic E-state index is -1.62. The molecule has 2 aromatic carbocycles. The van der Waals surface area contributed by atoms with Crippen LogP contribution in [0.25, 0.3) is 0 Å². The number of nitrogens with two attached hydrogens (primary N) is 1. The van der Waals surface area contributed by atoms with Crippen LogP contribution in [0.2, 0.25) is 0 Å². The van der Waals surface area contributed by atoms with Crippen LogP contribution in [0.1, 0.15) is 63.9 Å². The highest BCUT2D eigenvalue weighted by molar-refractivity contribution is 5.98. The quantitative estimate of drug-likeness (QED) is 0.0502. The van der Waals surface area contributed by atoms with Crippen molar-refractivity contribution in [3.05, 3.63) is 70.8 Å². The van der Waals surface area contributed by atoms with E-state index in [-0.39, 0.29) is 56.0 Å². The summed E-state index contributed by atoms with van der Waals surface area (Å²) in [5.74, 6) is -5.77. The van der Waals surface area contributed by atoms with Crippen LogP contribution >= 0.6 is 0 Å². The summed E-state index contributed by atoms with van der Waals surface area (Å²) in [4.78, 5) is 71.1. The standard InChI is InChI=1S/C29H35N5O11/c30-28(31)33-15-19-10-9-18(14-20(19)27(42)44-16-17-6-2-1-3-7-17)24(37)32-13-5-4-8-22(26(40)41)45-29(43)34-21(25(38)39)11-12-23(35)36/h1-3,6-7,9-10,14,21-22H,4-5,8,11-13,15-16H2,(H,32,37)(H,34,43)(H,35,36)(H,38,39)(H,40,41)(H4,30,31,33)/t21-,22-/m0/s1. The van der Waals surface area contributed by atoms with Crippen molar-refractivity contribution in [2.24, 2.45) is 5.73 Å². The summed E-state index contributed by atoms with van der Waals surface area (Å²) in [5, 5.41) is 41.8. The molecule has 0 saturated heterocycles. The van der Waals surface area contributed by atoms with E-state index in [2.05, 4.69) is 10.6 Å². The van der Waals surface area contributed by atoms with Crippen molar-refractivity contribution in [3.63, 3.8) is 0 Å². The molecule has 2 amide bonds. The van der Waals surface area contributed by atoms with Gasteiger partial charge in [0.15, 0.2) is 5.96 Å². The fraction of sp³-hybridized carbons (Fsp3) is 0.345. The molecule has 16 nitrogen and oxygen atoms in total. The van der Waals surface area contributed by atoms with Crippen LogP contribution in [0.4, 0.5) is 4.79 Å². The number of nitrogens with one attached hydrogen (secondary N) is 4. The highest BCUT2D eigenvalue weighted by Crippen LogP contribution is 2.16. The van der Waals surface area contributed by atoms with E-state index in [1.165, 1.54) is 18.2 Å². The summed E-state index contributed by atoms with van der Waals surface area (Å²) >= 11 is 0. The van der Waals surface area contributed by atoms with Crippen LogP contribution in [0.15, 0.2) is 48.5 Å². The molecule has 0 aliphatic heterocycles. The molecular formula is C29H35N5O11. The van der Waals surface area contributed by atoms with Gasteiger partial charge in [0.25, 0.3) is 5.91 Å². The number of unbranched alkanes of at least 4 members (excludes halogenated alkanes) is 1. The van der Waals surface area contributed by atoms with Crippen molar-refractivity contribution in [2.45, 2.75) is 57.4 Å². The molecule has 242 valence electrons. The number of benzene rings is 2. The summed E-state index contributed by atoms with van der Waals surface area (Å²) in [6.07, 6.45) is -3.58. The first kappa shape index (κ1) is 35.5. The first-order chi connectivity index (χ1) is 21.4. The minimum absolute atomic E-state index is 0.00322. The van der Waals surface area contributed by atoms with Crippen molar-refractivity contribution in [1.82, 2.24) is 16.0 Å². The second-order valence-corrected chi connectivity index (χ2v) is 9.65. The lowest BCUT2D eigenvalue weighted by atomic mass is 10.0. The first-order valence-corrected chi connectivity index (χ1v) is 13.7. The molecule has 9 N–H and O–H groups in total. The summed E-state index contributed by atoms with van der Waals surface area (Å²) in [7, 11) is 0. The molecule has 2 aromatic rings. The summed E-state index contributed by atoms with van der Waals surface area (Å²) in [6, 6.07) is 11.8. The highest BCUT2D eigenvalue weighted by atomic mass is 16.6. The van der Waals surface area contributed by atoms with Gasteiger partial charge in [-0.05, 0) is 48.9 Å². The lowest BCUT2D eigenvalue weighted by molar-refractivity contribution is -0.147. The second kappa shape index (κ2) is 18.1. The van der Waals surface area contributed by atoms with Crippen LogP contribution < -0.4 is 21.7 Å². The molecule has 2 atom stereocenters. The second-order valence-electron chi connectivity index (χ2n) is 9.65. The Morgan fingerprint density at radius 1 is 0.889 bits per heavy atom. The van der Waals surface area contributed by atoms with Crippen molar-refractivity contribution < 1.29 is 53.6 Å². The van der Waals surface area contributed by atoms with E-state index in [4.69, 9.17) is 30.8 Å². The van der Waals surface area contributed by atoms with Crippen molar-refractivity contribution >= 4 is 41.8 Å². The molecule has 0 radical (unpaired) electrons. The molecule has 0 heterocycles. The number of ether oxygens (including phenoxy) is 2. The summed E-state index contributed by atoms with van der Waals surface area (Å²) in [5.41, 5.74) is 6.81. The van der Waals surface area contributed by atoms with Gasteiger partial charge in [-0.1, -0.05) is 36.4 Å². The smallest absolute Gasteiger partial charge is 0.408 e. The predicted molar refractivity (Wildman–Crippen MR) is 156 cm³/mol. The number of alkyl carbamates (subject to hydrolysis) is 1. The topological polar surface area (TPSA) is 268 Å². The Morgan fingerprint density at radius 3 is 2.22 bits per heavy atom. The average molecular weight is 630 g/mol. The Morgan fingerprint density at radius 2 is 1.60 bits per heavy atom. The van der Waals surface area contributed by atoms with E-state index in [1.807, 2.05) is 11.4 Å². The lowest BCUT2D eigenvalue weighted by Crippen LogP contribution is -2.43. The van der Waals surface area contributed by atoms with Gasteiger partial charge >= 0.3 is 30.0 Å². The largest absolute Gasteiger partial charge is 0.481 e. The zero-order valence-electron chi connectivity index (χ0n) is 24.1. The van der Waals surface area contributed by atoms with Crippen LogP contribution in [0, 0.1) is 5.41 Å². The Labute approximate surface area is 257 Å². The number of guanidine groups is 1. The number of hydrogen-bond acceptors (Lipinski definition) is 9. The van der Waals surface area contributed by atoms with Gasteiger partial charge in [-0.3, -0.25) is 15.0 Å². The maximum absolute atomic E-state index is 12.9. The number of rotatable bonds is 18. The Kier molecular flexibility index (Phi) is 14.3. The molecule has 0 bridgehead atoms. The third kappa shape index (κ3) is 13.0. The lowest BCUT2D eigenvalue weighted by Gasteiger charge is -2.17. The van der Waals surface area contributed by atoms with Gasteiger partial charge in [0.05, 0.1) is 5.56 Å². The van der Waals surface area contributed by atoms with Gasteiger partial charge in [0, 0.05) is 25.1 Å². The summed E-state index contributed by atoms with van der Waals surface area (Å²) < 4.78 is 10.2. The van der Waals surface area contributed by atoms with E-state index in [1.54, 1.807) is 24.3 Å². The van der Waals surface area contributed by atoms with E-state index < -0.39 is 60.9 Å². The molecule has 0 aliphatic rings. The van der Waals surface area contributed by atoms with Gasteiger partial charge in [-0.25, -0.2) is 19.2 Å². The highest BCUT2D eigenvalue weighted by Gasteiger charge is 2.26. The molecule has 0 saturated carbocycles. The Balaban J connectivity index is 1.92. The number of hydrogen-bond donors (Lipinski definition) is 8. The van der Waals surface area contributed by atoms with Crippen LogP contribution in [-0.2, 0) is 37.0 Å². The zero-order valence-corrected chi connectivity index (χ0v) is 24.1. The molecule has 0 fully saturated rings. The van der Waals surface area contributed by atoms with Gasteiger partial charge < -0.3 is 46.5 Å². The third-order valence-electron chi connectivity index (χ3n) is 6.21. The third-order valence-corrected chi connectivity index (χ3v) is 6.21. The van der Waals surface area contributed by atoms with Crippen molar-refractivity contribution in [1.29, 1.82) is 5.41 Å². The number of carbonyl (C=O) groups is 6. The van der Waals surface area contributed by atoms with Gasteiger partial charge in [0.2, 0.25) is 6.10 Å². The number of aliphatic carboxylic acids is 3. The van der Waals surface area contributed by atoms with Crippen molar-refractivity contribution in [3.8, 4) is 0 Å². The summed E-state index contributed by atoms with van der Waals surface area (Å²) in [6.45, 7) is 0.148. The molecule has 16 heteroatoms. The van der Waals surface area contributed by atoms with E-state index in [0.29, 0.717) is 5.56 Å². The van der Waals surface area contributed by atoms with Crippen LogP contribution in [-0.4, -0.2) is 75.8 Å². The predicted octanol–water partition coefficient (Wildman–Crippen LogP) is 1.42. The molecule has 45 heavy (non-hydrogen) atoms. The molecule has 2 rings (SSSR count). The normalized spacial score (nSPS) is 11.7. The number of amides is 2. The fourth-order valence-corrected chi connectivity index (χ4v) is 3.88. The molecule has 0 aliphatic carbocycles. The average Bonchev–Trinajstić information content (AvgIpc) is 3.00. The number of carboxylic acid groups (broad SMARTS) is 3. The van der Waals surface area contributed by atoms with E-state index in [9.17, 15) is 33.9 Å². The van der Waals surface area contributed by atoms with Gasteiger partial charge in [-0.2, -0.15) is 0 Å². The number of carbonyl (C=O) groups excluding carboxylic acids is 3. The number of esters is 1. The number of carboxylic acids is 3. The van der Waals surface area contributed by atoms with Gasteiger partial charge in [0.1, 0.15) is 12.6 Å². The van der Waals surface area contributed by atoms with Crippen LogP contribution in [0.5, 0.6) is 0 Å². The zero-order chi connectivity index (χ0) is 33.4. The molecule has 0 spiro atoms. The maximum Gasteiger partial charge on any atom is 0.408 e. The molecule has 0 unspecified atom stereocenters. The van der Waals surface area contributed by atoms with E-state index in [0.717, 1.165) is 5.56 Å². The Bertz CT molecular complexity index is 1380. The maximum atomic E-state index is 12.9. The molecular weight excluding hydrogens is 594 g/mol. The molecule has 0 aromatic heterocycles. The SMILES string of the molecule is N=C(N)NCc1ccc(C(=O)NCCCC[C@H](OC(=O)N[C@@H](CCC(=O)O)C(=O)O)C(=O)O)cc1C(=O)OCc1ccccc1. The monoisotopic (exact) mass is 629 g/mol. The first-order valence-electron chi connectivity index (χ1n) is 13.7. The minimum Gasteiger partial charge on any atom is -0.481 e. The van der Waals surface area contributed by atoms with Crippen molar-refractivity contribution in [2.75, 3.05) is 6.54 Å². The Hall–Kier alpha value is -5.67. The van der Waals surface area contributed by atoms with Gasteiger partial charge in [-0.15, -0.1) is 0 Å². The fourth-order valence-electron chi connectivity index (χ4n) is 3.88. The van der Waals surface area contributed by atoms with Crippen LogP contribution in [0.3, 0.4) is 0 Å².